The molecule has 0 unspecified atom stereocenters. The number of benzene rings is 1. The second-order valence-electron chi connectivity index (χ2n) is 4.15. The van der Waals surface area contributed by atoms with E-state index in [1.54, 1.807) is 19.1 Å². The third-order valence-electron chi connectivity index (χ3n) is 2.71. The summed E-state index contributed by atoms with van der Waals surface area (Å²) in [6.45, 7) is 5.12. The summed E-state index contributed by atoms with van der Waals surface area (Å²) in [5, 5.41) is 2.92. The first-order chi connectivity index (χ1) is 8.34. The number of aryl methyl sites for hydroxylation is 2. The SMILES string of the molecule is CC(=O)OC(=O)N(C)N(C)c1c(C)cccc1C. The van der Waals surface area contributed by atoms with E-state index in [0.717, 1.165) is 16.8 Å². The van der Waals surface area contributed by atoms with Crippen molar-refractivity contribution in [2.75, 3.05) is 19.1 Å². The molecule has 0 saturated heterocycles. The van der Waals surface area contributed by atoms with Gasteiger partial charge in [-0.1, -0.05) is 18.2 Å². The number of amides is 1. The fraction of sp³-hybridized carbons (Fsp3) is 0.385. The van der Waals surface area contributed by atoms with Gasteiger partial charge in [0.2, 0.25) is 0 Å². The average Bonchev–Trinajstić information content (AvgIpc) is 2.26. The molecule has 5 heteroatoms. The van der Waals surface area contributed by atoms with Gasteiger partial charge in [-0.2, -0.15) is 0 Å². The first-order valence-electron chi connectivity index (χ1n) is 5.60. The first kappa shape index (κ1) is 14.0. The monoisotopic (exact) mass is 250 g/mol. The molecular weight excluding hydrogens is 232 g/mol. The number of rotatable bonds is 2. The fourth-order valence-electron chi connectivity index (χ4n) is 1.78. The van der Waals surface area contributed by atoms with Gasteiger partial charge in [-0.3, -0.25) is 9.80 Å². The van der Waals surface area contributed by atoms with Crippen molar-refractivity contribution in [3.63, 3.8) is 0 Å². The zero-order chi connectivity index (χ0) is 13.9. The van der Waals surface area contributed by atoms with E-state index >= 15 is 0 Å². The molecule has 1 rings (SSSR count). The van der Waals surface area contributed by atoms with Crippen molar-refractivity contribution in [1.82, 2.24) is 5.01 Å². The molecule has 1 aromatic carbocycles. The maximum atomic E-state index is 11.6. The van der Waals surface area contributed by atoms with Crippen LogP contribution in [0.2, 0.25) is 0 Å². The predicted octanol–water partition coefficient (Wildman–Crippen LogP) is 2.27. The molecule has 0 fully saturated rings. The number of carbonyl (C=O) groups is 2. The summed E-state index contributed by atoms with van der Waals surface area (Å²) in [6, 6.07) is 5.88. The number of carbonyl (C=O) groups excluding carboxylic acids is 2. The molecule has 0 aliphatic heterocycles. The van der Waals surface area contributed by atoms with Crippen molar-refractivity contribution in [3.8, 4) is 0 Å². The molecule has 0 spiro atoms. The van der Waals surface area contributed by atoms with E-state index in [4.69, 9.17) is 0 Å². The molecule has 0 aromatic heterocycles. The lowest BCUT2D eigenvalue weighted by Crippen LogP contribution is -2.42. The number of hydrazine groups is 1. The Morgan fingerprint density at radius 1 is 1.11 bits per heavy atom. The highest BCUT2D eigenvalue weighted by atomic mass is 16.6. The normalized spacial score (nSPS) is 9.83. The Bertz CT molecular complexity index is 451. The number of ether oxygens (including phenoxy) is 1. The van der Waals surface area contributed by atoms with E-state index in [9.17, 15) is 9.59 Å². The molecule has 98 valence electrons. The molecule has 0 aliphatic carbocycles. The van der Waals surface area contributed by atoms with Crippen LogP contribution in [0.4, 0.5) is 10.5 Å². The van der Waals surface area contributed by atoms with Crippen molar-refractivity contribution >= 4 is 17.7 Å². The maximum Gasteiger partial charge on any atom is 0.436 e. The minimum Gasteiger partial charge on any atom is -0.375 e. The Balaban J connectivity index is 2.96. The largest absolute Gasteiger partial charge is 0.436 e. The van der Waals surface area contributed by atoms with Gasteiger partial charge in [0.1, 0.15) is 0 Å². The second kappa shape index (κ2) is 5.53. The summed E-state index contributed by atoms with van der Waals surface area (Å²) < 4.78 is 4.54. The summed E-state index contributed by atoms with van der Waals surface area (Å²) in [4.78, 5) is 22.4. The van der Waals surface area contributed by atoms with Crippen LogP contribution in [0, 0.1) is 13.8 Å². The van der Waals surface area contributed by atoms with E-state index in [1.165, 1.54) is 11.9 Å². The van der Waals surface area contributed by atoms with Crippen LogP contribution in [0.15, 0.2) is 18.2 Å². The van der Waals surface area contributed by atoms with E-state index in [0.29, 0.717) is 0 Å². The lowest BCUT2D eigenvalue weighted by atomic mass is 10.1. The molecule has 1 aromatic rings. The highest BCUT2D eigenvalue weighted by Gasteiger charge is 2.19. The molecule has 0 atom stereocenters. The van der Waals surface area contributed by atoms with Crippen molar-refractivity contribution < 1.29 is 14.3 Å². The third-order valence-corrected chi connectivity index (χ3v) is 2.71. The van der Waals surface area contributed by atoms with Crippen LogP contribution in [0.5, 0.6) is 0 Å². The van der Waals surface area contributed by atoms with Crippen LogP contribution in [0.25, 0.3) is 0 Å². The molecule has 0 radical (unpaired) electrons. The van der Waals surface area contributed by atoms with Gasteiger partial charge in [0.15, 0.2) is 0 Å². The Morgan fingerprint density at radius 2 is 1.61 bits per heavy atom. The molecule has 1 amide bonds. The summed E-state index contributed by atoms with van der Waals surface area (Å²) in [7, 11) is 3.30. The van der Waals surface area contributed by atoms with Crippen LogP contribution >= 0.6 is 0 Å². The molecule has 0 aliphatic rings. The van der Waals surface area contributed by atoms with E-state index < -0.39 is 12.1 Å². The Hall–Kier alpha value is -2.04. The van der Waals surface area contributed by atoms with Gasteiger partial charge in [-0.05, 0) is 25.0 Å². The summed E-state index contributed by atoms with van der Waals surface area (Å²) in [5.74, 6) is -0.623. The standard InChI is InChI=1S/C13H18N2O3/c1-9-7-6-8-10(2)12(9)14(4)15(5)13(17)18-11(3)16/h6-8H,1-5H3. The smallest absolute Gasteiger partial charge is 0.375 e. The Kier molecular flexibility index (Phi) is 4.31. The molecule has 0 N–H and O–H groups in total. The summed E-state index contributed by atoms with van der Waals surface area (Å²) in [5.41, 5.74) is 3.00. The van der Waals surface area contributed by atoms with Crippen LogP contribution in [-0.4, -0.2) is 31.2 Å². The summed E-state index contributed by atoms with van der Waals surface area (Å²) in [6.07, 6.45) is -0.701. The minimum atomic E-state index is -0.701. The number of para-hydroxylation sites is 1. The Morgan fingerprint density at radius 3 is 2.06 bits per heavy atom. The summed E-state index contributed by atoms with van der Waals surface area (Å²) >= 11 is 0. The number of anilines is 1. The van der Waals surface area contributed by atoms with E-state index in [-0.39, 0.29) is 0 Å². The zero-order valence-electron chi connectivity index (χ0n) is 11.4. The first-order valence-corrected chi connectivity index (χ1v) is 5.60. The van der Waals surface area contributed by atoms with Crippen LogP contribution in [-0.2, 0) is 9.53 Å². The molecule has 0 bridgehead atoms. The van der Waals surface area contributed by atoms with Crippen molar-refractivity contribution in [2.24, 2.45) is 0 Å². The van der Waals surface area contributed by atoms with E-state index in [2.05, 4.69) is 4.74 Å². The van der Waals surface area contributed by atoms with Gasteiger partial charge in [-0.25, -0.2) is 9.80 Å². The van der Waals surface area contributed by atoms with Crippen molar-refractivity contribution in [1.29, 1.82) is 0 Å². The molecule has 18 heavy (non-hydrogen) atoms. The highest BCUT2D eigenvalue weighted by Crippen LogP contribution is 2.24. The fourth-order valence-corrected chi connectivity index (χ4v) is 1.78. The number of esters is 1. The van der Waals surface area contributed by atoms with Crippen LogP contribution in [0.1, 0.15) is 18.1 Å². The quantitative estimate of drug-likeness (QED) is 0.459. The molecule has 0 heterocycles. The number of hydrogen-bond donors (Lipinski definition) is 0. The van der Waals surface area contributed by atoms with Gasteiger partial charge in [0, 0.05) is 21.0 Å². The zero-order valence-corrected chi connectivity index (χ0v) is 11.4. The topological polar surface area (TPSA) is 49.9 Å². The second-order valence-corrected chi connectivity index (χ2v) is 4.15. The van der Waals surface area contributed by atoms with Crippen LogP contribution < -0.4 is 5.01 Å². The van der Waals surface area contributed by atoms with Crippen molar-refractivity contribution in [2.45, 2.75) is 20.8 Å². The predicted molar refractivity (Wildman–Crippen MR) is 69.2 cm³/mol. The highest BCUT2D eigenvalue weighted by molar-refractivity contribution is 5.84. The third kappa shape index (κ3) is 3.00. The maximum absolute atomic E-state index is 11.6. The molecule has 0 saturated carbocycles. The van der Waals surface area contributed by atoms with Gasteiger partial charge < -0.3 is 4.74 Å². The lowest BCUT2D eigenvalue weighted by molar-refractivity contribution is -0.135. The van der Waals surface area contributed by atoms with E-state index in [1.807, 2.05) is 32.0 Å². The molecule has 5 nitrogen and oxygen atoms in total. The van der Waals surface area contributed by atoms with Gasteiger partial charge in [0.05, 0.1) is 5.69 Å². The molecular formula is C13H18N2O3. The Labute approximate surface area is 107 Å². The van der Waals surface area contributed by atoms with Crippen molar-refractivity contribution in [3.05, 3.63) is 29.3 Å². The average molecular weight is 250 g/mol. The van der Waals surface area contributed by atoms with Gasteiger partial charge in [0.25, 0.3) is 0 Å². The lowest BCUT2D eigenvalue weighted by Gasteiger charge is -2.31. The number of nitrogens with zero attached hydrogens (tertiary/aromatic N) is 2. The van der Waals surface area contributed by atoms with Gasteiger partial charge >= 0.3 is 12.1 Å². The van der Waals surface area contributed by atoms with Crippen LogP contribution in [0.3, 0.4) is 0 Å². The number of hydrogen-bond acceptors (Lipinski definition) is 4. The minimum absolute atomic E-state index is 0.623. The van der Waals surface area contributed by atoms with Gasteiger partial charge in [-0.15, -0.1) is 0 Å².